The molecule has 0 aliphatic heterocycles. The van der Waals surface area contributed by atoms with Gasteiger partial charge in [0, 0.05) is 34.0 Å². The van der Waals surface area contributed by atoms with E-state index in [1.807, 2.05) is 6.92 Å². The van der Waals surface area contributed by atoms with Gasteiger partial charge in [-0.1, -0.05) is 42.8 Å². The maximum Gasteiger partial charge on any atom is 0.573 e. The summed E-state index contributed by atoms with van der Waals surface area (Å²) in [5, 5.41) is 12.6. The molecule has 2 unspecified atom stereocenters. The number of aromatic amines is 1. The van der Waals surface area contributed by atoms with Crippen molar-refractivity contribution in [3.63, 3.8) is 0 Å². The highest BCUT2D eigenvalue weighted by atomic mass is 35.5. The van der Waals surface area contributed by atoms with Crippen LogP contribution in [0.3, 0.4) is 0 Å². The molecule has 214 valence electrons. The number of aliphatic carboxylic acids is 1. The van der Waals surface area contributed by atoms with E-state index in [9.17, 15) is 27.6 Å². The number of ketones is 1. The van der Waals surface area contributed by atoms with Gasteiger partial charge in [0.05, 0.1) is 12.1 Å². The van der Waals surface area contributed by atoms with Crippen molar-refractivity contribution in [2.45, 2.75) is 32.0 Å². The number of carboxylic acid groups (broad SMARTS) is 1. The second-order valence-corrected chi connectivity index (χ2v) is 10.0. The molecule has 1 aromatic heterocycles. The third kappa shape index (κ3) is 7.88. The molecule has 0 saturated carbocycles. The molecule has 41 heavy (non-hydrogen) atoms. The van der Waals surface area contributed by atoms with Crippen LogP contribution < -0.4 is 10.1 Å². The van der Waals surface area contributed by atoms with Crippen LogP contribution in [0.5, 0.6) is 5.75 Å². The van der Waals surface area contributed by atoms with Gasteiger partial charge in [-0.2, -0.15) is 0 Å². The number of amides is 1. The molecule has 11 heteroatoms. The molecule has 0 saturated heterocycles. The van der Waals surface area contributed by atoms with Crippen molar-refractivity contribution < 1.29 is 37.4 Å². The number of nitrogens with one attached hydrogen (secondary N) is 2. The first kappa shape index (κ1) is 29.7. The molecule has 7 nitrogen and oxygen atoms in total. The van der Waals surface area contributed by atoms with Crippen LogP contribution in [0.15, 0.2) is 72.8 Å². The van der Waals surface area contributed by atoms with Crippen molar-refractivity contribution in [1.82, 2.24) is 10.3 Å². The Balaban J connectivity index is 1.60. The van der Waals surface area contributed by atoms with Crippen molar-refractivity contribution in [3.8, 4) is 5.75 Å². The Bertz CT molecular complexity index is 1550. The number of benzene rings is 3. The SMILES string of the molecule is CC(c1ccc(C(=O)NCCC(=O)O)cc1)C(Cc1ccc(OC(F)(F)F)cc1)C(=O)c1cc2cc(Cl)ccc2[nH]1. The van der Waals surface area contributed by atoms with E-state index in [0.717, 1.165) is 16.5 Å². The molecule has 4 aromatic rings. The smallest absolute Gasteiger partial charge is 0.481 e. The van der Waals surface area contributed by atoms with Crippen molar-refractivity contribution in [2.24, 2.45) is 5.92 Å². The lowest BCUT2D eigenvalue weighted by Gasteiger charge is -2.23. The first-order valence-corrected chi connectivity index (χ1v) is 13.0. The molecule has 2 atom stereocenters. The van der Waals surface area contributed by atoms with Crippen LogP contribution in [0.2, 0.25) is 5.02 Å². The molecule has 0 radical (unpaired) electrons. The molecule has 3 N–H and O–H groups in total. The van der Waals surface area contributed by atoms with Gasteiger partial charge in [0.15, 0.2) is 5.78 Å². The Morgan fingerprint density at radius 3 is 2.32 bits per heavy atom. The van der Waals surface area contributed by atoms with Crippen LogP contribution >= 0.6 is 11.6 Å². The van der Waals surface area contributed by atoms with Gasteiger partial charge < -0.3 is 20.1 Å². The van der Waals surface area contributed by atoms with Gasteiger partial charge in [-0.05, 0) is 72.0 Å². The van der Waals surface area contributed by atoms with Gasteiger partial charge in [0.2, 0.25) is 0 Å². The minimum Gasteiger partial charge on any atom is -0.481 e. The number of halogens is 4. The number of hydrogen-bond donors (Lipinski definition) is 3. The lowest BCUT2D eigenvalue weighted by Crippen LogP contribution is -2.26. The highest BCUT2D eigenvalue weighted by Gasteiger charge is 2.32. The van der Waals surface area contributed by atoms with E-state index < -0.39 is 24.2 Å². The third-order valence-corrected chi connectivity index (χ3v) is 6.96. The van der Waals surface area contributed by atoms with E-state index in [4.69, 9.17) is 16.7 Å². The summed E-state index contributed by atoms with van der Waals surface area (Å²) >= 11 is 6.10. The van der Waals surface area contributed by atoms with Gasteiger partial charge >= 0.3 is 12.3 Å². The maximum absolute atomic E-state index is 13.9. The fourth-order valence-electron chi connectivity index (χ4n) is 4.57. The van der Waals surface area contributed by atoms with E-state index in [2.05, 4.69) is 15.0 Å². The first-order chi connectivity index (χ1) is 19.4. The van der Waals surface area contributed by atoms with Crippen molar-refractivity contribution in [3.05, 3.63) is 100 Å². The predicted molar refractivity (Wildman–Crippen MR) is 147 cm³/mol. The summed E-state index contributed by atoms with van der Waals surface area (Å²) in [5.41, 5.74) is 2.84. The molecule has 0 bridgehead atoms. The van der Waals surface area contributed by atoms with Gasteiger partial charge in [-0.3, -0.25) is 14.4 Å². The van der Waals surface area contributed by atoms with Crippen LogP contribution in [0, 0.1) is 5.92 Å². The number of carbonyl (C=O) groups excluding carboxylic acids is 2. The van der Waals surface area contributed by atoms with Crippen LogP contribution in [0.1, 0.15) is 51.2 Å². The Hall–Kier alpha value is -4.31. The lowest BCUT2D eigenvalue weighted by molar-refractivity contribution is -0.274. The van der Waals surface area contributed by atoms with Gasteiger partial charge in [-0.25, -0.2) is 0 Å². The maximum atomic E-state index is 13.9. The fraction of sp³-hybridized carbons (Fsp3) is 0.233. The molecule has 3 aromatic carbocycles. The Labute approximate surface area is 238 Å². The number of alkyl halides is 3. The summed E-state index contributed by atoms with van der Waals surface area (Å²) < 4.78 is 41.7. The number of H-pyrrole nitrogens is 1. The van der Waals surface area contributed by atoms with Crippen molar-refractivity contribution >= 4 is 40.2 Å². The highest BCUT2D eigenvalue weighted by Crippen LogP contribution is 2.33. The molecule has 0 aliphatic rings. The average Bonchev–Trinajstić information content (AvgIpc) is 3.34. The third-order valence-electron chi connectivity index (χ3n) is 6.72. The van der Waals surface area contributed by atoms with Crippen LogP contribution in [0.25, 0.3) is 10.9 Å². The van der Waals surface area contributed by atoms with Crippen molar-refractivity contribution in [1.29, 1.82) is 0 Å². The van der Waals surface area contributed by atoms with Gasteiger partial charge in [0.25, 0.3) is 5.91 Å². The normalized spacial score (nSPS) is 13.0. The number of hydrogen-bond acceptors (Lipinski definition) is 4. The highest BCUT2D eigenvalue weighted by molar-refractivity contribution is 6.31. The molecular formula is C30H26ClF3N2O5. The quantitative estimate of drug-likeness (QED) is 0.168. The second kappa shape index (κ2) is 12.5. The number of rotatable bonds is 11. The fourth-order valence-corrected chi connectivity index (χ4v) is 4.75. The van der Waals surface area contributed by atoms with Gasteiger partial charge in [0.1, 0.15) is 5.75 Å². The molecule has 4 rings (SSSR count). The summed E-state index contributed by atoms with van der Waals surface area (Å²) in [6.45, 7) is 1.86. The number of carbonyl (C=O) groups is 3. The average molecular weight is 587 g/mol. The summed E-state index contributed by atoms with van der Waals surface area (Å²) in [6.07, 6.45) is -4.79. The standard InChI is InChI=1S/C30H26ClF3N2O5/c1-17(19-4-6-20(7-5-19)29(40)35-13-12-27(37)38)24(14-18-2-9-23(10-3-18)41-30(32,33)34)28(39)26-16-21-15-22(31)8-11-25(21)36-26/h2-11,15-17,24,36H,12-14H2,1H3,(H,35,40)(H,37,38). The molecule has 0 aliphatic carbocycles. The van der Waals surface area contributed by atoms with Crippen LogP contribution in [-0.4, -0.2) is 40.7 Å². The molecule has 1 heterocycles. The first-order valence-electron chi connectivity index (χ1n) is 12.7. The Morgan fingerprint density at radius 1 is 1.00 bits per heavy atom. The van der Waals surface area contributed by atoms with E-state index in [-0.39, 0.29) is 36.8 Å². The summed E-state index contributed by atoms with van der Waals surface area (Å²) in [6, 6.07) is 19.0. The lowest BCUT2D eigenvalue weighted by atomic mass is 9.79. The number of aromatic nitrogens is 1. The Morgan fingerprint density at radius 2 is 1.68 bits per heavy atom. The second-order valence-electron chi connectivity index (χ2n) is 9.59. The molecular weight excluding hydrogens is 561 g/mol. The van der Waals surface area contributed by atoms with E-state index >= 15 is 0 Å². The minimum atomic E-state index is -4.81. The van der Waals surface area contributed by atoms with Crippen LogP contribution in [0.4, 0.5) is 13.2 Å². The predicted octanol–water partition coefficient (Wildman–Crippen LogP) is 6.77. The van der Waals surface area contributed by atoms with E-state index in [1.54, 1.807) is 48.5 Å². The number of ether oxygens (including phenoxy) is 1. The summed E-state index contributed by atoms with van der Waals surface area (Å²) in [4.78, 5) is 40.0. The molecule has 1 amide bonds. The zero-order valence-electron chi connectivity index (χ0n) is 21.8. The monoisotopic (exact) mass is 586 g/mol. The number of Topliss-reactive ketones (excluding diaryl/α,β-unsaturated/α-hetero) is 1. The Kier molecular flexibility index (Phi) is 9.02. The zero-order valence-corrected chi connectivity index (χ0v) is 22.6. The summed E-state index contributed by atoms with van der Waals surface area (Å²) in [7, 11) is 0. The topological polar surface area (TPSA) is 108 Å². The number of carboxylic acids is 1. The summed E-state index contributed by atoms with van der Waals surface area (Å²) in [5.74, 6) is -2.98. The van der Waals surface area contributed by atoms with Gasteiger partial charge in [-0.15, -0.1) is 13.2 Å². The molecule has 0 fully saturated rings. The van der Waals surface area contributed by atoms with Crippen molar-refractivity contribution in [2.75, 3.05) is 6.54 Å². The van der Waals surface area contributed by atoms with Crippen LogP contribution in [-0.2, 0) is 11.2 Å². The van der Waals surface area contributed by atoms with E-state index in [0.29, 0.717) is 21.8 Å². The molecule has 0 spiro atoms. The minimum absolute atomic E-state index is 0.00852. The zero-order chi connectivity index (χ0) is 29.7. The van der Waals surface area contributed by atoms with E-state index in [1.165, 1.54) is 24.3 Å². The largest absolute Gasteiger partial charge is 0.573 e. The number of fused-ring (bicyclic) bond motifs is 1.